The molecule has 2 aliphatic heterocycles. The number of ether oxygens (including phenoxy) is 4. The van der Waals surface area contributed by atoms with Gasteiger partial charge in [0, 0.05) is 39.0 Å². The number of esters is 3. The molecule has 0 aromatic heterocycles. The number of nitrogens with zero attached hydrogens (tertiary/aromatic N) is 2. The number of likely N-dealkylation sites (N-methyl/N-ethyl adjacent to an activating group) is 1. The summed E-state index contributed by atoms with van der Waals surface area (Å²) < 4.78 is 23.3. The van der Waals surface area contributed by atoms with Gasteiger partial charge in [-0.3, -0.25) is 19.3 Å². The predicted molar refractivity (Wildman–Crippen MR) is 233 cm³/mol. The lowest BCUT2D eigenvalue weighted by Gasteiger charge is -2.31. The summed E-state index contributed by atoms with van der Waals surface area (Å²) in [6.45, 7) is 8.19. The van der Waals surface area contributed by atoms with Gasteiger partial charge < -0.3 is 23.8 Å². The van der Waals surface area contributed by atoms with Gasteiger partial charge >= 0.3 is 17.9 Å². The zero-order valence-electron chi connectivity index (χ0n) is 36.5. The standard InChI is InChI=1S/C48H82N2O7/c1-4-6-8-10-12-14-16-18-20-22-24-26-28-30-32-34-45(51)56-44-42-54-43(41-55-47(53)40-50-38-36-49(3)37-39-50)48(44)57-46(52)35-33-31-29-27-25-23-21-19-17-15-13-11-9-7-5-2/h12-15,18-21,43-44,48H,4-11,16-17,22-42H2,1-3H3/b14-12-,15-13-,20-18-,21-19-/t43-,44?,48+/m1/s1. The van der Waals surface area contributed by atoms with Crippen molar-refractivity contribution in [3.05, 3.63) is 48.6 Å². The second kappa shape index (κ2) is 35.2. The first-order valence-corrected chi connectivity index (χ1v) is 23.1. The highest BCUT2D eigenvalue weighted by Gasteiger charge is 2.43. The lowest BCUT2D eigenvalue weighted by Crippen LogP contribution is -2.47. The van der Waals surface area contributed by atoms with Crippen molar-refractivity contribution in [2.24, 2.45) is 0 Å². The minimum absolute atomic E-state index is 0.0484. The van der Waals surface area contributed by atoms with E-state index in [1.165, 1.54) is 51.4 Å². The van der Waals surface area contributed by atoms with E-state index in [2.05, 4.69) is 79.3 Å². The second-order valence-corrected chi connectivity index (χ2v) is 16.1. The molecule has 2 saturated heterocycles. The molecule has 2 heterocycles. The van der Waals surface area contributed by atoms with E-state index in [9.17, 15) is 14.4 Å². The number of rotatable bonds is 34. The molecule has 57 heavy (non-hydrogen) atoms. The molecule has 1 unspecified atom stereocenters. The van der Waals surface area contributed by atoms with E-state index < -0.39 is 18.3 Å². The molecule has 2 fully saturated rings. The van der Waals surface area contributed by atoms with Gasteiger partial charge in [0.25, 0.3) is 0 Å². The number of hydrogen-bond acceptors (Lipinski definition) is 9. The Kier molecular flexibility index (Phi) is 31.1. The van der Waals surface area contributed by atoms with Crippen LogP contribution in [-0.2, 0) is 33.3 Å². The minimum atomic E-state index is -0.805. The monoisotopic (exact) mass is 799 g/mol. The van der Waals surface area contributed by atoms with Crippen LogP contribution in [0.3, 0.4) is 0 Å². The largest absolute Gasteiger partial charge is 0.462 e. The first-order chi connectivity index (χ1) is 27.9. The third kappa shape index (κ3) is 27.6. The Hall–Kier alpha value is -2.75. The van der Waals surface area contributed by atoms with Crippen LogP contribution in [0.1, 0.15) is 168 Å². The Morgan fingerprint density at radius 2 is 1.02 bits per heavy atom. The third-order valence-electron chi connectivity index (χ3n) is 10.8. The van der Waals surface area contributed by atoms with Crippen molar-refractivity contribution in [3.8, 4) is 0 Å². The van der Waals surface area contributed by atoms with Crippen molar-refractivity contribution in [1.82, 2.24) is 9.80 Å². The second-order valence-electron chi connectivity index (χ2n) is 16.1. The van der Waals surface area contributed by atoms with Gasteiger partial charge in [-0.15, -0.1) is 0 Å². The zero-order valence-corrected chi connectivity index (χ0v) is 36.5. The fourth-order valence-electron chi connectivity index (χ4n) is 7.05. The maximum Gasteiger partial charge on any atom is 0.320 e. The van der Waals surface area contributed by atoms with Crippen molar-refractivity contribution in [1.29, 1.82) is 0 Å². The van der Waals surface area contributed by atoms with E-state index in [1.807, 2.05) is 0 Å². The summed E-state index contributed by atoms with van der Waals surface area (Å²) in [7, 11) is 2.07. The molecule has 0 spiro atoms. The molecule has 9 heteroatoms. The quantitative estimate of drug-likeness (QED) is 0.0273. The Balaban J connectivity index is 1.69. The van der Waals surface area contributed by atoms with E-state index in [4.69, 9.17) is 18.9 Å². The summed E-state index contributed by atoms with van der Waals surface area (Å²) in [5.74, 6) is -0.975. The molecule has 0 bridgehead atoms. The third-order valence-corrected chi connectivity index (χ3v) is 10.8. The lowest BCUT2D eigenvalue weighted by molar-refractivity contribution is -0.168. The molecule has 326 valence electrons. The van der Waals surface area contributed by atoms with Gasteiger partial charge in [-0.2, -0.15) is 0 Å². The molecule has 0 N–H and O–H groups in total. The molecular weight excluding hydrogens is 717 g/mol. The Morgan fingerprint density at radius 3 is 1.53 bits per heavy atom. The van der Waals surface area contributed by atoms with Crippen LogP contribution in [0.5, 0.6) is 0 Å². The van der Waals surface area contributed by atoms with Crippen LogP contribution < -0.4 is 0 Å². The van der Waals surface area contributed by atoms with Gasteiger partial charge in [-0.05, 0) is 84.1 Å². The number of unbranched alkanes of at least 4 members (excludes halogenated alkanes) is 16. The number of carbonyl (C=O) groups excluding carboxylic acids is 3. The molecule has 0 aliphatic carbocycles. The van der Waals surface area contributed by atoms with Gasteiger partial charge in [0.05, 0.1) is 13.2 Å². The summed E-state index contributed by atoms with van der Waals surface area (Å²) >= 11 is 0. The van der Waals surface area contributed by atoms with E-state index in [-0.39, 0.29) is 37.7 Å². The number of carbonyl (C=O) groups is 3. The summed E-state index contributed by atoms with van der Waals surface area (Å²) in [4.78, 5) is 42.9. The number of allylic oxidation sites excluding steroid dienone is 8. The SMILES string of the molecule is CCCCC/C=C\C/C=C\CCCCCCCC(=O)OC1CO[C@H](COC(=O)CN2CCN(C)CC2)[C@@H]1OC(=O)CCCCCCC/C=C\C/C=C\CCCCC. The Morgan fingerprint density at radius 1 is 0.561 bits per heavy atom. The van der Waals surface area contributed by atoms with Crippen molar-refractivity contribution >= 4 is 17.9 Å². The average Bonchev–Trinajstić information content (AvgIpc) is 3.57. The number of piperazine rings is 1. The van der Waals surface area contributed by atoms with Gasteiger partial charge in [0.2, 0.25) is 0 Å². The van der Waals surface area contributed by atoms with E-state index in [0.29, 0.717) is 12.8 Å². The molecule has 0 aromatic carbocycles. The van der Waals surface area contributed by atoms with Crippen LogP contribution in [0.2, 0.25) is 0 Å². The van der Waals surface area contributed by atoms with Crippen LogP contribution in [0.25, 0.3) is 0 Å². The fraction of sp³-hybridized carbons (Fsp3) is 0.771. The van der Waals surface area contributed by atoms with Crippen molar-refractivity contribution in [2.75, 3.05) is 53.0 Å². The molecule has 2 rings (SSSR count). The van der Waals surface area contributed by atoms with Crippen molar-refractivity contribution < 1.29 is 33.3 Å². The summed E-state index contributed by atoms with van der Waals surface area (Å²) in [5, 5.41) is 0. The van der Waals surface area contributed by atoms with Crippen molar-refractivity contribution in [3.63, 3.8) is 0 Å². The van der Waals surface area contributed by atoms with Crippen LogP contribution in [0, 0.1) is 0 Å². The highest BCUT2D eigenvalue weighted by molar-refractivity contribution is 5.72. The Bertz CT molecular complexity index is 1140. The first kappa shape index (κ1) is 50.4. The molecule has 9 nitrogen and oxygen atoms in total. The normalized spacial score (nSPS) is 19.5. The number of hydrogen-bond donors (Lipinski definition) is 0. The maximum absolute atomic E-state index is 13.0. The average molecular weight is 799 g/mol. The molecular formula is C48H82N2O7. The van der Waals surface area contributed by atoms with Crippen LogP contribution in [-0.4, -0.2) is 99.0 Å². The van der Waals surface area contributed by atoms with Gasteiger partial charge in [0.1, 0.15) is 12.7 Å². The van der Waals surface area contributed by atoms with E-state index in [0.717, 1.165) is 116 Å². The first-order valence-electron chi connectivity index (χ1n) is 23.1. The van der Waals surface area contributed by atoms with Gasteiger partial charge in [0.15, 0.2) is 12.2 Å². The summed E-state index contributed by atoms with van der Waals surface area (Å²) in [6, 6.07) is 0. The zero-order chi connectivity index (χ0) is 41.0. The highest BCUT2D eigenvalue weighted by atomic mass is 16.6. The van der Waals surface area contributed by atoms with Crippen LogP contribution >= 0.6 is 0 Å². The van der Waals surface area contributed by atoms with Crippen LogP contribution in [0.15, 0.2) is 48.6 Å². The molecule has 2 aliphatic rings. The summed E-state index contributed by atoms with van der Waals surface area (Å²) in [5.41, 5.74) is 0. The van der Waals surface area contributed by atoms with Crippen LogP contribution in [0.4, 0.5) is 0 Å². The Labute approximate surface area is 348 Å². The molecule has 3 atom stereocenters. The van der Waals surface area contributed by atoms with Gasteiger partial charge in [-0.25, -0.2) is 0 Å². The molecule has 0 saturated carbocycles. The summed E-state index contributed by atoms with van der Waals surface area (Å²) in [6.07, 6.45) is 41.1. The highest BCUT2D eigenvalue weighted by Crippen LogP contribution is 2.24. The van der Waals surface area contributed by atoms with E-state index >= 15 is 0 Å². The molecule has 0 aromatic rings. The van der Waals surface area contributed by atoms with Gasteiger partial charge in [-0.1, -0.05) is 127 Å². The topological polar surface area (TPSA) is 94.6 Å². The molecule has 0 radical (unpaired) electrons. The smallest absolute Gasteiger partial charge is 0.320 e. The van der Waals surface area contributed by atoms with E-state index in [1.54, 1.807) is 0 Å². The fourth-order valence-corrected chi connectivity index (χ4v) is 7.05. The van der Waals surface area contributed by atoms with Crippen molar-refractivity contribution in [2.45, 2.75) is 186 Å². The maximum atomic E-state index is 13.0. The lowest BCUT2D eigenvalue weighted by atomic mass is 10.1. The minimum Gasteiger partial charge on any atom is -0.462 e. The molecule has 0 amide bonds. The predicted octanol–water partition coefficient (Wildman–Crippen LogP) is 10.6.